The molecule has 0 rings (SSSR count). The molecule has 0 bridgehead atoms. The molecule has 0 N–H and O–H groups in total. The molecule has 0 spiro atoms. The fourth-order valence-corrected chi connectivity index (χ4v) is 0.887. The lowest BCUT2D eigenvalue weighted by molar-refractivity contribution is -0.147. The predicted octanol–water partition coefficient (Wildman–Crippen LogP) is 2.21. The molecule has 10 heavy (non-hydrogen) atoms. The van der Waals surface area contributed by atoms with E-state index in [4.69, 9.17) is 9.47 Å². The zero-order valence-electron chi connectivity index (χ0n) is 6.76. The first-order valence-corrected chi connectivity index (χ1v) is 5.02. The van der Waals surface area contributed by atoms with E-state index >= 15 is 0 Å². The van der Waals surface area contributed by atoms with Crippen LogP contribution in [0.2, 0.25) is 0 Å². The summed E-state index contributed by atoms with van der Waals surface area (Å²) in [7, 11) is 0. The maximum Gasteiger partial charge on any atom is 0.155 e. The van der Waals surface area contributed by atoms with Crippen LogP contribution in [-0.2, 0) is 9.47 Å². The maximum atomic E-state index is 5.33. The van der Waals surface area contributed by atoms with Gasteiger partial charge in [-0.2, -0.15) is 0 Å². The summed E-state index contributed by atoms with van der Waals surface area (Å²) in [5.74, 6) is 0. The van der Waals surface area contributed by atoms with E-state index in [-0.39, 0.29) is 12.4 Å². The minimum Gasteiger partial charge on any atom is -0.352 e. The fourth-order valence-electron chi connectivity index (χ4n) is 0.633. The summed E-state index contributed by atoms with van der Waals surface area (Å²) in [4.78, 5) is 0. The molecule has 0 aromatic rings. The lowest BCUT2D eigenvalue weighted by Crippen LogP contribution is -2.18. The van der Waals surface area contributed by atoms with E-state index in [2.05, 4.69) is 22.6 Å². The van der Waals surface area contributed by atoms with Gasteiger partial charge in [0.05, 0.1) is 12.7 Å². The van der Waals surface area contributed by atoms with Crippen molar-refractivity contribution in [1.82, 2.24) is 0 Å². The van der Waals surface area contributed by atoms with Crippen LogP contribution in [0.3, 0.4) is 0 Å². The largest absolute Gasteiger partial charge is 0.352 e. The van der Waals surface area contributed by atoms with Crippen LogP contribution in [0.15, 0.2) is 0 Å². The van der Waals surface area contributed by atoms with Gasteiger partial charge in [0.15, 0.2) is 6.29 Å². The molecule has 62 valence electrons. The highest BCUT2D eigenvalue weighted by Crippen LogP contribution is 1.98. The molecule has 0 fully saturated rings. The predicted molar refractivity (Wildman–Crippen MR) is 50.5 cm³/mol. The summed E-state index contributed by atoms with van der Waals surface area (Å²) in [6.07, 6.45) is 0.193. The molecule has 0 aromatic heterocycles. The van der Waals surface area contributed by atoms with Gasteiger partial charge < -0.3 is 9.47 Å². The van der Waals surface area contributed by atoms with Crippen LogP contribution >= 0.6 is 22.6 Å². The first-order valence-electron chi connectivity index (χ1n) is 3.50. The SMILES string of the molecule is CC(C)O[C@H](C)OCCI. The van der Waals surface area contributed by atoms with E-state index in [1.54, 1.807) is 0 Å². The second-order valence-electron chi connectivity index (χ2n) is 2.31. The molecule has 1 atom stereocenters. The average molecular weight is 258 g/mol. The number of hydrogen-bond acceptors (Lipinski definition) is 2. The van der Waals surface area contributed by atoms with Crippen molar-refractivity contribution in [3.63, 3.8) is 0 Å². The van der Waals surface area contributed by atoms with Gasteiger partial charge in [0, 0.05) is 4.43 Å². The van der Waals surface area contributed by atoms with Gasteiger partial charge in [0.1, 0.15) is 0 Å². The van der Waals surface area contributed by atoms with E-state index in [0.717, 1.165) is 11.0 Å². The molecule has 0 saturated heterocycles. The smallest absolute Gasteiger partial charge is 0.155 e. The molecule has 0 heterocycles. The summed E-state index contributed by atoms with van der Waals surface area (Å²) >= 11 is 2.27. The van der Waals surface area contributed by atoms with Crippen molar-refractivity contribution >= 4 is 22.6 Å². The van der Waals surface area contributed by atoms with E-state index in [1.165, 1.54) is 0 Å². The molecule has 0 aromatic carbocycles. The molecule has 2 nitrogen and oxygen atoms in total. The Labute approximate surface area is 76.4 Å². The molecular weight excluding hydrogens is 243 g/mol. The van der Waals surface area contributed by atoms with Gasteiger partial charge in [-0.25, -0.2) is 0 Å². The highest BCUT2D eigenvalue weighted by Gasteiger charge is 2.02. The van der Waals surface area contributed by atoms with Gasteiger partial charge in [-0.05, 0) is 20.8 Å². The summed E-state index contributed by atoms with van der Waals surface area (Å²) in [5.41, 5.74) is 0. The number of ether oxygens (including phenoxy) is 2. The Bertz CT molecular complexity index is 76.0. The van der Waals surface area contributed by atoms with Crippen molar-refractivity contribution < 1.29 is 9.47 Å². The molecule has 0 aliphatic heterocycles. The highest BCUT2D eigenvalue weighted by molar-refractivity contribution is 14.1. The van der Waals surface area contributed by atoms with E-state index in [1.807, 2.05) is 20.8 Å². The standard InChI is InChI=1S/C7H15IO2/c1-6(2)10-7(3)9-5-4-8/h6-7H,4-5H2,1-3H3/t7-/m1/s1. The van der Waals surface area contributed by atoms with Gasteiger partial charge in [-0.15, -0.1) is 0 Å². The number of halogens is 1. The van der Waals surface area contributed by atoms with Crippen LogP contribution < -0.4 is 0 Å². The Morgan fingerprint density at radius 3 is 2.30 bits per heavy atom. The fraction of sp³-hybridized carbons (Fsp3) is 1.00. The van der Waals surface area contributed by atoms with Crippen molar-refractivity contribution in [3.8, 4) is 0 Å². The van der Waals surface area contributed by atoms with Crippen LogP contribution in [0, 0.1) is 0 Å². The molecule has 0 aliphatic rings. The monoisotopic (exact) mass is 258 g/mol. The molecule has 3 heteroatoms. The van der Waals surface area contributed by atoms with E-state index in [9.17, 15) is 0 Å². The normalized spacial score (nSPS) is 14.1. The first kappa shape index (κ1) is 10.7. The third-order valence-corrected chi connectivity index (χ3v) is 1.33. The van der Waals surface area contributed by atoms with Crippen LogP contribution in [0.1, 0.15) is 20.8 Å². The zero-order chi connectivity index (χ0) is 7.98. The molecule has 0 aliphatic carbocycles. The summed E-state index contributed by atoms with van der Waals surface area (Å²) < 4.78 is 11.6. The minimum absolute atomic E-state index is 0.0604. The zero-order valence-corrected chi connectivity index (χ0v) is 8.92. The Morgan fingerprint density at radius 2 is 1.90 bits per heavy atom. The topological polar surface area (TPSA) is 18.5 Å². The van der Waals surface area contributed by atoms with Gasteiger partial charge in [0.25, 0.3) is 0 Å². The summed E-state index contributed by atoms with van der Waals surface area (Å²) in [6, 6.07) is 0. The molecular formula is C7H15IO2. The quantitative estimate of drug-likeness (QED) is 0.427. The van der Waals surface area contributed by atoms with Crippen LogP contribution in [0.4, 0.5) is 0 Å². The lowest BCUT2D eigenvalue weighted by atomic mass is 10.5. The first-order chi connectivity index (χ1) is 4.66. The Morgan fingerprint density at radius 1 is 1.30 bits per heavy atom. The Balaban J connectivity index is 3.16. The van der Waals surface area contributed by atoms with Crippen molar-refractivity contribution in [3.05, 3.63) is 0 Å². The van der Waals surface area contributed by atoms with Gasteiger partial charge in [-0.3, -0.25) is 0 Å². The highest BCUT2D eigenvalue weighted by atomic mass is 127. The van der Waals surface area contributed by atoms with Gasteiger partial charge >= 0.3 is 0 Å². The third kappa shape index (κ3) is 6.77. The summed E-state index contributed by atoms with van der Waals surface area (Å²) in [6.45, 7) is 6.70. The number of hydrogen-bond donors (Lipinski definition) is 0. The van der Waals surface area contributed by atoms with Crippen LogP contribution in [0.5, 0.6) is 0 Å². The lowest BCUT2D eigenvalue weighted by Gasteiger charge is -2.15. The van der Waals surface area contributed by atoms with Crippen molar-refractivity contribution in [2.24, 2.45) is 0 Å². The third-order valence-electron chi connectivity index (χ3n) is 0.894. The minimum atomic E-state index is -0.0604. The van der Waals surface area contributed by atoms with Crippen LogP contribution in [-0.4, -0.2) is 23.4 Å². The average Bonchev–Trinajstić information content (AvgIpc) is 1.82. The number of rotatable bonds is 5. The molecule has 0 unspecified atom stereocenters. The molecule has 0 saturated carbocycles. The van der Waals surface area contributed by atoms with Crippen molar-refractivity contribution in [2.45, 2.75) is 33.2 Å². The Hall–Kier alpha value is 0.650. The van der Waals surface area contributed by atoms with Crippen LogP contribution in [0.25, 0.3) is 0 Å². The second kappa shape index (κ2) is 6.37. The maximum absolute atomic E-state index is 5.33. The molecule has 0 amide bonds. The van der Waals surface area contributed by atoms with Gasteiger partial charge in [0.2, 0.25) is 0 Å². The van der Waals surface area contributed by atoms with Crippen molar-refractivity contribution in [2.75, 3.05) is 11.0 Å². The number of alkyl halides is 1. The summed E-state index contributed by atoms with van der Waals surface area (Å²) in [5, 5.41) is 0. The van der Waals surface area contributed by atoms with E-state index in [0.29, 0.717) is 0 Å². The van der Waals surface area contributed by atoms with E-state index < -0.39 is 0 Å². The molecule has 0 radical (unpaired) electrons. The van der Waals surface area contributed by atoms with Gasteiger partial charge in [-0.1, -0.05) is 22.6 Å². The Kier molecular flexibility index (Phi) is 6.78. The second-order valence-corrected chi connectivity index (χ2v) is 3.39. The van der Waals surface area contributed by atoms with Crippen molar-refractivity contribution in [1.29, 1.82) is 0 Å².